The minimum absolute atomic E-state index is 0.665. The molecular formula is C11H20N4S. The first-order chi connectivity index (χ1) is 7.79. The van der Waals surface area contributed by atoms with Gasteiger partial charge in [-0.2, -0.15) is 11.8 Å². The van der Waals surface area contributed by atoms with E-state index in [1.807, 2.05) is 18.1 Å². The van der Waals surface area contributed by atoms with E-state index in [1.165, 1.54) is 18.1 Å². The summed E-state index contributed by atoms with van der Waals surface area (Å²) in [5.41, 5.74) is 6.67. The molecule has 2 N–H and O–H groups in total. The molecule has 0 spiro atoms. The Kier molecular flexibility index (Phi) is 4.26. The molecule has 1 aliphatic heterocycles. The van der Waals surface area contributed by atoms with Crippen molar-refractivity contribution in [3.8, 4) is 0 Å². The van der Waals surface area contributed by atoms with Gasteiger partial charge in [-0.25, -0.2) is 4.98 Å². The van der Waals surface area contributed by atoms with Gasteiger partial charge < -0.3 is 10.3 Å². The van der Waals surface area contributed by atoms with Crippen molar-refractivity contribution in [1.29, 1.82) is 0 Å². The van der Waals surface area contributed by atoms with Gasteiger partial charge in [0.15, 0.2) is 0 Å². The molecule has 4 nitrogen and oxygen atoms in total. The SMILES string of the molecule is CC1CSCCN1Cc1cn(CCN)cn1. The van der Waals surface area contributed by atoms with Crippen LogP contribution in [-0.2, 0) is 13.1 Å². The van der Waals surface area contributed by atoms with Gasteiger partial charge in [0, 0.05) is 49.9 Å². The number of nitrogens with zero attached hydrogens (tertiary/aromatic N) is 3. The fourth-order valence-corrected chi connectivity index (χ4v) is 3.05. The Morgan fingerprint density at radius 1 is 1.62 bits per heavy atom. The van der Waals surface area contributed by atoms with Crippen LogP contribution in [0.5, 0.6) is 0 Å². The summed E-state index contributed by atoms with van der Waals surface area (Å²) in [6.07, 6.45) is 3.99. The molecule has 0 amide bonds. The molecule has 90 valence electrons. The fourth-order valence-electron chi connectivity index (χ4n) is 1.96. The maximum atomic E-state index is 5.51. The van der Waals surface area contributed by atoms with Gasteiger partial charge in [0.2, 0.25) is 0 Å². The quantitative estimate of drug-likeness (QED) is 0.845. The van der Waals surface area contributed by atoms with E-state index in [0.717, 1.165) is 18.8 Å². The first kappa shape index (κ1) is 12.0. The van der Waals surface area contributed by atoms with Crippen LogP contribution in [0, 0.1) is 0 Å². The molecule has 0 saturated carbocycles. The Hall–Kier alpha value is -0.520. The van der Waals surface area contributed by atoms with Crippen LogP contribution >= 0.6 is 11.8 Å². The van der Waals surface area contributed by atoms with Gasteiger partial charge in [0.05, 0.1) is 12.0 Å². The van der Waals surface area contributed by atoms with Crippen molar-refractivity contribution >= 4 is 11.8 Å². The van der Waals surface area contributed by atoms with E-state index < -0.39 is 0 Å². The fraction of sp³-hybridized carbons (Fsp3) is 0.727. The molecule has 2 heterocycles. The van der Waals surface area contributed by atoms with E-state index in [4.69, 9.17) is 5.73 Å². The van der Waals surface area contributed by atoms with Crippen LogP contribution in [0.25, 0.3) is 0 Å². The van der Waals surface area contributed by atoms with E-state index in [2.05, 4.69) is 27.6 Å². The van der Waals surface area contributed by atoms with Gasteiger partial charge in [-0.15, -0.1) is 0 Å². The zero-order chi connectivity index (χ0) is 11.4. The van der Waals surface area contributed by atoms with Crippen molar-refractivity contribution in [2.45, 2.75) is 26.1 Å². The van der Waals surface area contributed by atoms with E-state index in [0.29, 0.717) is 12.6 Å². The largest absolute Gasteiger partial charge is 0.336 e. The molecule has 1 aromatic heterocycles. The Balaban J connectivity index is 1.91. The highest BCUT2D eigenvalue weighted by Gasteiger charge is 2.19. The van der Waals surface area contributed by atoms with Crippen molar-refractivity contribution in [3.05, 3.63) is 18.2 Å². The van der Waals surface area contributed by atoms with Gasteiger partial charge in [0.25, 0.3) is 0 Å². The molecule has 16 heavy (non-hydrogen) atoms. The Labute approximate surface area is 101 Å². The molecule has 0 aromatic carbocycles. The third kappa shape index (κ3) is 2.99. The van der Waals surface area contributed by atoms with Crippen molar-refractivity contribution in [2.24, 2.45) is 5.73 Å². The number of hydrogen-bond donors (Lipinski definition) is 1. The highest BCUT2D eigenvalue weighted by molar-refractivity contribution is 7.99. The number of imidazole rings is 1. The van der Waals surface area contributed by atoms with Crippen LogP contribution in [0.15, 0.2) is 12.5 Å². The highest BCUT2D eigenvalue weighted by Crippen LogP contribution is 2.17. The van der Waals surface area contributed by atoms with E-state index in [9.17, 15) is 0 Å². The summed E-state index contributed by atoms with van der Waals surface area (Å²) >= 11 is 2.05. The minimum Gasteiger partial charge on any atom is -0.336 e. The average molecular weight is 240 g/mol. The lowest BCUT2D eigenvalue weighted by molar-refractivity contribution is 0.221. The summed E-state index contributed by atoms with van der Waals surface area (Å²) < 4.78 is 2.07. The lowest BCUT2D eigenvalue weighted by Gasteiger charge is -2.32. The van der Waals surface area contributed by atoms with Crippen molar-refractivity contribution in [3.63, 3.8) is 0 Å². The monoisotopic (exact) mass is 240 g/mol. The molecule has 1 fully saturated rings. The van der Waals surface area contributed by atoms with Gasteiger partial charge in [0.1, 0.15) is 0 Å². The topological polar surface area (TPSA) is 47.1 Å². The van der Waals surface area contributed by atoms with Crippen LogP contribution in [0.4, 0.5) is 0 Å². The standard InChI is InChI=1S/C11H20N4S/c1-10-8-16-5-4-15(10)7-11-6-14(3-2-12)9-13-11/h6,9-10H,2-5,7-8,12H2,1H3. The highest BCUT2D eigenvalue weighted by atomic mass is 32.2. The molecule has 1 saturated heterocycles. The summed E-state index contributed by atoms with van der Waals surface area (Å²) in [7, 11) is 0. The Bertz CT molecular complexity index is 326. The minimum atomic E-state index is 0.665. The second-order valence-corrected chi connectivity index (χ2v) is 5.44. The molecule has 5 heteroatoms. The maximum absolute atomic E-state index is 5.51. The summed E-state index contributed by atoms with van der Waals surface area (Å²) in [6.45, 7) is 5.98. The zero-order valence-corrected chi connectivity index (χ0v) is 10.6. The smallest absolute Gasteiger partial charge is 0.0950 e. The first-order valence-electron chi connectivity index (χ1n) is 5.82. The second-order valence-electron chi connectivity index (χ2n) is 4.29. The van der Waals surface area contributed by atoms with Crippen LogP contribution < -0.4 is 5.73 Å². The van der Waals surface area contributed by atoms with Crippen molar-refractivity contribution in [1.82, 2.24) is 14.5 Å². The van der Waals surface area contributed by atoms with Gasteiger partial charge in [-0.3, -0.25) is 4.90 Å². The van der Waals surface area contributed by atoms with Crippen LogP contribution in [0.3, 0.4) is 0 Å². The third-order valence-corrected chi connectivity index (χ3v) is 4.13. The summed E-state index contributed by atoms with van der Waals surface area (Å²) in [6, 6.07) is 0.665. The lowest BCUT2D eigenvalue weighted by Crippen LogP contribution is -2.39. The van der Waals surface area contributed by atoms with Crippen LogP contribution in [-0.4, -0.2) is 45.1 Å². The number of rotatable bonds is 4. The molecule has 1 aromatic rings. The van der Waals surface area contributed by atoms with Crippen molar-refractivity contribution in [2.75, 3.05) is 24.6 Å². The molecule has 2 rings (SSSR count). The van der Waals surface area contributed by atoms with E-state index >= 15 is 0 Å². The molecular weight excluding hydrogens is 220 g/mol. The molecule has 0 radical (unpaired) electrons. The molecule has 0 bridgehead atoms. The zero-order valence-electron chi connectivity index (χ0n) is 9.80. The number of thioether (sulfide) groups is 1. The number of aromatic nitrogens is 2. The van der Waals surface area contributed by atoms with Gasteiger partial charge in [-0.05, 0) is 6.92 Å². The van der Waals surface area contributed by atoms with E-state index in [1.54, 1.807) is 0 Å². The average Bonchev–Trinajstić information content (AvgIpc) is 2.70. The maximum Gasteiger partial charge on any atom is 0.0950 e. The normalized spacial score (nSPS) is 22.5. The first-order valence-corrected chi connectivity index (χ1v) is 6.97. The molecule has 1 unspecified atom stereocenters. The summed E-state index contributed by atoms with van der Waals surface area (Å²) in [4.78, 5) is 6.93. The predicted molar refractivity (Wildman–Crippen MR) is 68.5 cm³/mol. The Morgan fingerprint density at radius 2 is 2.50 bits per heavy atom. The van der Waals surface area contributed by atoms with Crippen LogP contribution in [0.1, 0.15) is 12.6 Å². The number of nitrogens with two attached hydrogens (primary N) is 1. The van der Waals surface area contributed by atoms with Crippen LogP contribution in [0.2, 0.25) is 0 Å². The molecule has 1 atom stereocenters. The Morgan fingerprint density at radius 3 is 3.25 bits per heavy atom. The molecule has 0 aliphatic carbocycles. The van der Waals surface area contributed by atoms with Gasteiger partial charge in [-0.1, -0.05) is 0 Å². The third-order valence-electron chi connectivity index (χ3n) is 2.94. The second kappa shape index (κ2) is 5.70. The van der Waals surface area contributed by atoms with Gasteiger partial charge >= 0.3 is 0 Å². The van der Waals surface area contributed by atoms with Crippen molar-refractivity contribution < 1.29 is 0 Å². The summed E-state index contributed by atoms with van der Waals surface area (Å²) in [5, 5.41) is 0. The predicted octanol–water partition coefficient (Wildman–Crippen LogP) is 0.779. The van der Waals surface area contributed by atoms with E-state index in [-0.39, 0.29) is 0 Å². The number of hydrogen-bond acceptors (Lipinski definition) is 4. The lowest BCUT2D eigenvalue weighted by atomic mass is 10.3. The summed E-state index contributed by atoms with van der Waals surface area (Å²) in [5.74, 6) is 2.48. The molecule has 1 aliphatic rings.